The molecule has 0 unspecified atom stereocenters. The molecule has 0 spiro atoms. The number of rotatable bonds is 4. The van der Waals surface area contributed by atoms with E-state index < -0.39 is 29.0 Å². The van der Waals surface area contributed by atoms with Crippen molar-refractivity contribution in [3.05, 3.63) is 92.4 Å². The van der Waals surface area contributed by atoms with Crippen molar-refractivity contribution in [1.29, 1.82) is 0 Å². The van der Waals surface area contributed by atoms with Crippen LogP contribution in [-0.4, -0.2) is 15.7 Å². The molecule has 0 radical (unpaired) electrons. The minimum atomic E-state index is -0.908. The smallest absolute Gasteiger partial charge is 0.271 e. The number of primary amides is 1. The van der Waals surface area contributed by atoms with E-state index in [-0.39, 0.29) is 22.0 Å². The van der Waals surface area contributed by atoms with Gasteiger partial charge in [-0.3, -0.25) is 9.59 Å². The van der Waals surface area contributed by atoms with E-state index in [0.29, 0.717) is 5.56 Å². The minimum Gasteiger partial charge on any atom is -0.364 e. The lowest BCUT2D eigenvalue weighted by molar-refractivity contribution is 0.0992. The molecule has 27 heavy (non-hydrogen) atoms. The van der Waals surface area contributed by atoms with E-state index >= 15 is 0 Å². The molecule has 0 aliphatic carbocycles. The van der Waals surface area contributed by atoms with E-state index in [2.05, 4.69) is 5.10 Å². The summed E-state index contributed by atoms with van der Waals surface area (Å²) in [5, 5.41) is 3.83. The van der Waals surface area contributed by atoms with Gasteiger partial charge in [-0.15, -0.1) is 0 Å². The zero-order valence-corrected chi connectivity index (χ0v) is 14.9. The summed E-state index contributed by atoms with van der Waals surface area (Å²) in [7, 11) is 0. The average Bonchev–Trinajstić information content (AvgIpc) is 2.63. The van der Waals surface area contributed by atoms with E-state index in [1.807, 2.05) is 0 Å². The molecule has 0 saturated heterocycles. The van der Waals surface area contributed by atoms with Gasteiger partial charge in [0.15, 0.2) is 5.69 Å². The van der Waals surface area contributed by atoms with Gasteiger partial charge in [-0.1, -0.05) is 42.8 Å². The standard InChI is InChI=1S/C19H14ClF2N3O2/c1-10(11-5-4-7-14(22)17(11)20)12-9-16(26)25(24-18(12)19(23)27)15-8-3-2-6-13(15)21/h2-10H,1H3,(H2,23,27)/t10-/m0/s1. The maximum absolute atomic E-state index is 14.0. The van der Waals surface area contributed by atoms with Crippen LogP contribution in [0.4, 0.5) is 8.78 Å². The van der Waals surface area contributed by atoms with Crippen molar-refractivity contribution in [2.45, 2.75) is 12.8 Å². The topological polar surface area (TPSA) is 78.0 Å². The highest BCUT2D eigenvalue weighted by Crippen LogP contribution is 2.32. The molecule has 1 atom stereocenters. The molecule has 0 bridgehead atoms. The molecule has 3 aromatic rings. The number of hydrogen-bond donors (Lipinski definition) is 1. The summed E-state index contributed by atoms with van der Waals surface area (Å²) < 4.78 is 28.6. The van der Waals surface area contributed by atoms with Gasteiger partial charge in [-0.2, -0.15) is 9.78 Å². The lowest BCUT2D eigenvalue weighted by atomic mass is 9.92. The van der Waals surface area contributed by atoms with E-state index in [9.17, 15) is 18.4 Å². The lowest BCUT2D eigenvalue weighted by Crippen LogP contribution is -2.29. The monoisotopic (exact) mass is 389 g/mol. The van der Waals surface area contributed by atoms with Crippen LogP contribution in [0, 0.1) is 11.6 Å². The number of carbonyl (C=O) groups is 1. The van der Waals surface area contributed by atoms with Crippen LogP contribution >= 0.6 is 11.6 Å². The van der Waals surface area contributed by atoms with Crippen molar-refractivity contribution in [3.8, 4) is 5.69 Å². The fourth-order valence-corrected chi connectivity index (χ4v) is 3.10. The van der Waals surface area contributed by atoms with Crippen LogP contribution in [-0.2, 0) is 0 Å². The molecule has 1 amide bonds. The third-order valence-corrected chi connectivity index (χ3v) is 4.59. The Kier molecular flexibility index (Phi) is 5.05. The van der Waals surface area contributed by atoms with E-state index in [4.69, 9.17) is 17.3 Å². The van der Waals surface area contributed by atoms with Crippen molar-refractivity contribution in [2.75, 3.05) is 0 Å². The third-order valence-electron chi connectivity index (χ3n) is 4.19. The number of benzene rings is 2. The van der Waals surface area contributed by atoms with Crippen LogP contribution in [0.1, 0.15) is 34.5 Å². The van der Waals surface area contributed by atoms with Crippen LogP contribution in [0.2, 0.25) is 5.02 Å². The maximum Gasteiger partial charge on any atom is 0.271 e. The molecule has 1 aromatic heterocycles. The molecule has 2 N–H and O–H groups in total. The van der Waals surface area contributed by atoms with Crippen LogP contribution in [0.25, 0.3) is 5.69 Å². The van der Waals surface area contributed by atoms with Crippen molar-refractivity contribution in [2.24, 2.45) is 5.73 Å². The van der Waals surface area contributed by atoms with Crippen LogP contribution < -0.4 is 11.3 Å². The molecule has 3 rings (SSSR count). The first-order valence-electron chi connectivity index (χ1n) is 7.94. The van der Waals surface area contributed by atoms with Gasteiger partial charge in [-0.25, -0.2) is 8.78 Å². The Morgan fingerprint density at radius 1 is 1.11 bits per heavy atom. The SMILES string of the molecule is C[C@H](c1cc(=O)n(-c2ccccc2F)nc1C(N)=O)c1cccc(F)c1Cl. The van der Waals surface area contributed by atoms with E-state index in [1.165, 1.54) is 30.3 Å². The molecular weight excluding hydrogens is 376 g/mol. The summed E-state index contributed by atoms with van der Waals surface area (Å²) in [5.74, 6) is -2.87. The number of amides is 1. The maximum atomic E-state index is 14.0. The summed E-state index contributed by atoms with van der Waals surface area (Å²) in [5.41, 5.74) is 4.94. The summed E-state index contributed by atoms with van der Waals surface area (Å²) in [6.07, 6.45) is 0. The number of nitrogens with two attached hydrogens (primary N) is 1. The predicted molar refractivity (Wildman–Crippen MR) is 97.2 cm³/mol. The highest BCUT2D eigenvalue weighted by Gasteiger charge is 2.23. The Morgan fingerprint density at radius 3 is 2.44 bits per heavy atom. The number of halogens is 3. The second-order valence-corrected chi connectivity index (χ2v) is 6.26. The van der Waals surface area contributed by atoms with Gasteiger partial charge in [0.1, 0.15) is 17.3 Å². The molecule has 2 aromatic carbocycles. The van der Waals surface area contributed by atoms with Gasteiger partial charge in [0.25, 0.3) is 11.5 Å². The molecule has 5 nitrogen and oxygen atoms in total. The zero-order chi connectivity index (χ0) is 19.7. The fraction of sp³-hybridized carbons (Fsp3) is 0.105. The molecule has 8 heteroatoms. The highest BCUT2D eigenvalue weighted by molar-refractivity contribution is 6.31. The Morgan fingerprint density at radius 2 is 1.78 bits per heavy atom. The zero-order valence-electron chi connectivity index (χ0n) is 14.1. The molecule has 0 fully saturated rings. The largest absolute Gasteiger partial charge is 0.364 e. The van der Waals surface area contributed by atoms with Crippen molar-refractivity contribution < 1.29 is 13.6 Å². The van der Waals surface area contributed by atoms with E-state index in [1.54, 1.807) is 13.0 Å². The summed E-state index contributed by atoms with van der Waals surface area (Å²) in [6.45, 7) is 1.64. The second kappa shape index (κ2) is 7.28. The lowest BCUT2D eigenvalue weighted by Gasteiger charge is -2.17. The molecular formula is C19H14ClF2N3O2. The van der Waals surface area contributed by atoms with Crippen LogP contribution in [0.5, 0.6) is 0 Å². The van der Waals surface area contributed by atoms with Crippen molar-refractivity contribution in [3.63, 3.8) is 0 Å². The van der Waals surface area contributed by atoms with Gasteiger partial charge in [0, 0.05) is 12.0 Å². The number of nitrogens with zero attached hydrogens (tertiary/aromatic N) is 2. The summed E-state index contributed by atoms with van der Waals surface area (Å²) in [6, 6.07) is 10.9. The first-order chi connectivity index (χ1) is 12.8. The Bertz CT molecular complexity index is 1100. The average molecular weight is 390 g/mol. The number of para-hydroxylation sites is 1. The van der Waals surface area contributed by atoms with Gasteiger partial charge >= 0.3 is 0 Å². The first kappa shape index (κ1) is 18.7. The Hall–Kier alpha value is -3.06. The number of carbonyl (C=O) groups excluding carboxylic acids is 1. The van der Waals surface area contributed by atoms with Gasteiger partial charge in [0.2, 0.25) is 0 Å². The van der Waals surface area contributed by atoms with E-state index in [0.717, 1.165) is 16.8 Å². The van der Waals surface area contributed by atoms with Gasteiger partial charge in [0.05, 0.1) is 5.02 Å². The minimum absolute atomic E-state index is 0.118. The van der Waals surface area contributed by atoms with Crippen LogP contribution in [0.15, 0.2) is 53.3 Å². The Balaban J connectivity index is 2.22. The number of hydrogen-bond acceptors (Lipinski definition) is 3. The quantitative estimate of drug-likeness (QED) is 0.742. The molecule has 0 aliphatic heterocycles. The third kappa shape index (κ3) is 3.46. The van der Waals surface area contributed by atoms with Crippen molar-refractivity contribution >= 4 is 17.5 Å². The normalized spacial score (nSPS) is 12.0. The molecule has 0 saturated carbocycles. The molecule has 138 valence electrons. The summed E-state index contributed by atoms with van der Waals surface area (Å²) in [4.78, 5) is 24.5. The van der Waals surface area contributed by atoms with Crippen molar-refractivity contribution in [1.82, 2.24) is 9.78 Å². The Labute approximate surface area is 158 Å². The predicted octanol–water partition coefficient (Wildman–Crippen LogP) is 3.41. The fourth-order valence-electron chi connectivity index (χ4n) is 2.81. The highest BCUT2D eigenvalue weighted by atomic mass is 35.5. The van der Waals surface area contributed by atoms with Gasteiger partial charge < -0.3 is 5.73 Å². The first-order valence-corrected chi connectivity index (χ1v) is 8.32. The molecule has 0 aliphatic rings. The van der Waals surface area contributed by atoms with Crippen LogP contribution in [0.3, 0.4) is 0 Å². The molecule has 1 heterocycles. The number of aromatic nitrogens is 2. The van der Waals surface area contributed by atoms with Gasteiger partial charge in [-0.05, 0) is 29.3 Å². The second-order valence-electron chi connectivity index (χ2n) is 5.88. The summed E-state index contributed by atoms with van der Waals surface area (Å²) >= 11 is 6.01.